The minimum absolute atomic E-state index is 0.240. The van der Waals surface area contributed by atoms with Crippen molar-refractivity contribution in [1.29, 1.82) is 0 Å². The summed E-state index contributed by atoms with van der Waals surface area (Å²) >= 11 is 0. The van der Waals surface area contributed by atoms with E-state index < -0.39 is 0 Å². The number of rotatable bonds is 3. The number of hydrogen-bond acceptors (Lipinski definition) is 7. The minimum atomic E-state index is -0.240. The lowest BCUT2D eigenvalue weighted by atomic mass is 10.1. The van der Waals surface area contributed by atoms with E-state index in [-0.39, 0.29) is 5.56 Å². The Balaban J connectivity index is 0.000000376. The summed E-state index contributed by atoms with van der Waals surface area (Å²) in [5.74, 6) is 0.713. The summed E-state index contributed by atoms with van der Waals surface area (Å²) < 4.78 is 9.89. The summed E-state index contributed by atoms with van der Waals surface area (Å²) in [7, 11) is 0. The van der Waals surface area contributed by atoms with E-state index in [4.69, 9.17) is 9.47 Å². The molecule has 2 aromatic heterocycles. The van der Waals surface area contributed by atoms with Crippen LogP contribution >= 0.6 is 0 Å². The molecule has 0 aliphatic carbocycles. The lowest BCUT2D eigenvalue weighted by Crippen LogP contribution is -2.16. The Morgan fingerprint density at radius 3 is 2.24 bits per heavy atom. The van der Waals surface area contributed by atoms with E-state index in [2.05, 4.69) is 44.3 Å². The largest absolute Gasteiger partial charge is 0.377 e. The van der Waals surface area contributed by atoms with Gasteiger partial charge in [0.2, 0.25) is 11.9 Å². The number of hydrogen-bond donors (Lipinski definition) is 2. The zero-order chi connectivity index (χ0) is 23.2. The second-order valence-corrected chi connectivity index (χ2v) is 7.81. The Morgan fingerprint density at radius 2 is 1.58 bits per heavy atom. The summed E-state index contributed by atoms with van der Waals surface area (Å²) in [6.45, 7) is 9.15. The Bertz CT molecular complexity index is 1290. The normalized spacial score (nSPS) is 13.3. The average Bonchev–Trinajstić information content (AvgIpc) is 2.82. The van der Waals surface area contributed by atoms with Gasteiger partial charge in [-0.05, 0) is 32.4 Å². The highest BCUT2D eigenvalue weighted by atomic mass is 16.6. The molecule has 170 valence electrons. The monoisotopic (exact) mass is 445 g/mol. The molecule has 8 nitrogen and oxygen atoms in total. The fourth-order valence-electron chi connectivity index (χ4n) is 3.61. The average molecular weight is 446 g/mol. The molecule has 3 heterocycles. The van der Waals surface area contributed by atoms with E-state index in [0.29, 0.717) is 17.6 Å². The molecule has 2 N–H and O–H groups in total. The van der Waals surface area contributed by atoms with Gasteiger partial charge in [0.15, 0.2) is 0 Å². The molecule has 4 aromatic rings. The van der Waals surface area contributed by atoms with Crippen molar-refractivity contribution >= 4 is 22.8 Å². The van der Waals surface area contributed by atoms with Gasteiger partial charge in [-0.25, -0.2) is 15.0 Å². The zero-order valence-electron chi connectivity index (χ0n) is 19.0. The third-order valence-corrected chi connectivity index (χ3v) is 5.11. The highest BCUT2D eigenvalue weighted by Crippen LogP contribution is 2.23. The van der Waals surface area contributed by atoms with Crippen LogP contribution in [0.3, 0.4) is 0 Å². The Morgan fingerprint density at radius 1 is 0.879 bits per heavy atom. The standard InChI is InChI=1S/C21H19N5O.C4H8O2/c1-12-9-13(2)19-16(10-12)14(3)22-20(25-19)26-21-23-17(11-18(27)24-21)15-7-5-4-6-8-15;1-2-6-4-3-5-1/h4-11H,1-3H3,(H2,22,23,24,25,26,27);1-4H2. The molecule has 1 saturated heterocycles. The van der Waals surface area contributed by atoms with Crippen LogP contribution in [0, 0.1) is 20.8 Å². The van der Waals surface area contributed by atoms with E-state index in [1.165, 1.54) is 11.6 Å². The molecule has 0 spiro atoms. The maximum absolute atomic E-state index is 12.1. The van der Waals surface area contributed by atoms with Crippen molar-refractivity contribution in [3.8, 4) is 11.3 Å². The zero-order valence-corrected chi connectivity index (χ0v) is 19.0. The lowest BCUT2D eigenvalue weighted by molar-refractivity contribution is -0.0334. The van der Waals surface area contributed by atoms with Crippen LogP contribution in [0.15, 0.2) is 53.3 Å². The third kappa shape index (κ3) is 5.79. The molecular weight excluding hydrogens is 418 g/mol. The molecule has 1 aliphatic heterocycles. The molecular formula is C25H27N5O3. The quantitative estimate of drug-likeness (QED) is 0.490. The first kappa shape index (κ1) is 22.6. The number of aromatic amines is 1. The maximum Gasteiger partial charge on any atom is 0.252 e. The molecule has 1 aliphatic rings. The molecule has 0 atom stereocenters. The van der Waals surface area contributed by atoms with Crippen LogP contribution in [0.2, 0.25) is 0 Å². The van der Waals surface area contributed by atoms with Crippen LogP contribution in [0.25, 0.3) is 22.2 Å². The number of anilines is 2. The van der Waals surface area contributed by atoms with Crippen molar-refractivity contribution in [1.82, 2.24) is 19.9 Å². The third-order valence-electron chi connectivity index (χ3n) is 5.11. The number of fused-ring (bicyclic) bond motifs is 1. The molecule has 0 radical (unpaired) electrons. The molecule has 0 unspecified atom stereocenters. The number of nitrogens with one attached hydrogen (secondary N) is 2. The van der Waals surface area contributed by atoms with Crippen LogP contribution < -0.4 is 10.9 Å². The van der Waals surface area contributed by atoms with Crippen LogP contribution in [0.1, 0.15) is 16.8 Å². The number of nitrogens with zero attached hydrogens (tertiary/aromatic N) is 3. The first-order valence-corrected chi connectivity index (χ1v) is 10.8. The molecule has 0 bridgehead atoms. The summed E-state index contributed by atoms with van der Waals surface area (Å²) in [6.07, 6.45) is 0. The van der Waals surface area contributed by atoms with Crippen LogP contribution in [-0.4, -0.2) is 46.4 Å². The predicted molar refractivity (Wildman–Crippen MR) is 129 cm³/mol. The molecule has 0 amide bonds. The Labute approximate surface area is 192 Å². The number of ether oxygens (including phenoxy) is 2. The summed E-state index contributed by atoms with van der Waals surface area (Å²) in [5, 5.41) is 4.07. The SMILES string of the molecule is C1COCCO1.Cc1cc(C)c2nc(Nc3nc(-c4ccccc4)cc(=O)[nH]3)nc(C)c2c1. The second kappa shape index (κ2) is 10.3. The first-order valence-electron chi connectivity index (χ1n) is 10.8. The number of aryl methyl sites for hydroxylation is 3. The Kier molecular flexibility index (Phi) is 7.07. The number of H-pyrrole nitrogens is 1. The van der Waals surface area contributed by atoms with E-state index in [0.717, 1.165) is 54.2 Å². The van der Waals surface area contributed by atoms with Gasteiger partial charge < -0.3 is 9.47 Å². The van der Waals surface area contributed by atoms with Crippen molar-refractivity contribution < 1.29 is 9.47 Å². The summed E-state index contributed by atoms with van der Waals surface area (Å²) in [6, 6.07) is 15.2. The van der Waals surface area contributed by atoms with Gasteiger partial charge in [0.1, 0.15) is 0 Å². The molecule has 2 aromatic carbocycles. The minimum Gasteiger partial charge on any atom is -0.377 e. The van der Waals surface area contributed by atoms with E-state index in [9.17, 15) is 4.79 Å². The van der Waals surface area contributed by atoms with Gasteiger partial charge in [-0.15, -0.1) is 0 Å². The number of aromatic nitrogens is 4. The van der Waals surface area contributed by atoms with Crippen molar-refractivity contribution in [2.24, 2.45) is 0 Å². The van der Waals surface area contributed by atoms with Crippen LogP contribution in [0.5, 0.6) is 0 Å². The smallest absolute Gasteiger partial charge is 0.252 e. The molecule has 0 saturated carbocycles. The highest BCUT2D eigenvalue weighted by Gasteiger charge is 2.10. The molecule has 5 rings (SSSR count). The van der Waals surface area contributed by atoms with Crippen LogP contribution in [-0.2, 0) is 9.47 Å². The molecule has 1 fully saturated rings. The van der Waals surface area contributed by atoms with E-state index >= 15 is 0 Å². The van der Waals surface area contributed by atoms with Gasteiger partial charge in [0.05, 0.1) is 43.3 Å². The summed E-state index contributed by atoms with van der Waals surface area (Å²) in [4.78, 5) is 28.4. The predicted octanol–water partition coefficient (Wildman–Crippen LogP) is 4.08. The van der Waals surface area contributed by atoms with Gasteiger partial charge in [-0.1, -0.05) is 42.0 Å². The van der Waals surface area contributed by atoms with Crippen molar-refractivity contribution in [3.63, 3.8) is 0 Å². The molecule has 33 heavy (non-hydrogen) atoms. The van der Waals surface area contributed by atoms with Crippen molar-refractivity contribution in [2.45, 2.75) is 20.8 Å². The van der Waals surface area contributed by atoms with Gasteiger partial charge in [0.25, 0.3) is 5.56 Å². The summed E-state index contributed by atoms with van der Waals surface area (Å²) in [5.41, 5.74) is 5.23. The van der Waals surface area contributed by atoms with Gasteiger partial charge in [-0.3, -0.25) is 15.1 Å². The van der Waals surface area contributed by atoms with E-state index in [1.807, 2.05) is 44.2 Å². The van der Waals surface area contributed by atoms with Gasteiger partial charge in [-0.2, -0.15) is 0 Å². The highest BCUT2D eigenvalue weighted by molar-refractivity contribution is 5.85. The first-order chi connectivity index (χ1) is 16.0. The van der Waals surface area contributed by atoms with Crippen molar-refractivity contribution in [3.05, 3.63) is 75.7 Å². The molecule has 8 heteroatoms. The topological polar surface area (TPSA) is 102 Å². The van der Waals surface area contributed by atoms with Gasteiger partial charge in [0, 0.05) is 17.0 Å². The second-order valence-electron chi connectivity index (χ2n) is 7.81. The lowest BCUT2D eigenvalue weighted by Gasteiger charge is -2.10. The Hall–Kier alpha value is -3.62. The maximum atomic E-state index is 12.1. The fourth-order valence-corrected chi connectivity index (χ4v) is 3.61. The van der Waals surface area contributed by atoms with Crippen LogP contribution in [0.4, 0.5) is 11.9 Å². The van der Waals surface area contributed by atoms with Crippen molar-refractivity contribution in [2.75, 3.05) is 31.7 Å². The van der Waals surface area contributed by atoms with E-state index in [1.54, 1.807) is 0 Å². The fraction of sp³-hybridized carbons (Fsp3) is 0.280. The van der Waals surface area contributed by atoms with Gasteiger partial charge >= 0.3 is 0 Å². The number of benzene rings is 2.